The standard InChI is InChI=1S/C14H10BrCl2FN2O/c1-7-4-12(18)9(15)6-13(7)20-14(21)19-8-2-3-10(16)11(17)5-8/h2-6H,1H3,(H2,19,20,21). The van der Waals surface area contributed by atoms with Crippen LogP contribution in [0.2, 0.25) is 10.0 Å². The lowest BCUT2D eigenvalue weighted by molar-refractivity contribution is 0.262. The van der Waals surface area contributed by atoms with Crippen LogP contribution in [0.5, 0.6) is 0 Å². The number of amides is 2. The number of halogens is 4. The molecule has 2 rings (SSSR count). The predicted molar refractivity (Wildman–Crippen MR) is 87.9 cm³/mol. The Morgan fingerprint density at radius 1 is 1.14 bits per heavy atom. The van der Waals surface area contributed by atoms with E-state index in [2.05, 4.69) is 26.6 Å². The largest absolute Gasteiger partial charge is 0.323 e. The third-order valence-corrected chi connectivity index (χ3v) is 4.04. The molecule has 2 N–H and O–H groups in total. The maximum Gasteiger partial charge on any atom is 0.323 e. The summed E-state index contributed by atoms with van der Waals surface area (Å²) in [7, 11) is 0. The summed E-state index contributed by atoms with van der Waals surface area (Å²) < 4.78 is 13.6. The van der Waals surface area contributed by atoms with E-state index in [9.17, 15) is 9.18 Å². The highest BCUT2D eigenvalue weighted by Crippen LogP contribution is 2.26. The van der Waals surface area contributed by atoms with Gasteiger partial charge in [-0.05, 0) is 58.7 Å². The molecule has 3 nitrogen and oxygen atoms in total. The van der Waals surface area contributed by atoms with Gasteiger partial charge in [-0.25, -0.2) is 9.18 Å². The normalized spacial score (nSPS) is 10.3. The summed E-state index contributed by atoms with van der Waals surface area (Å²) >= 11 is 14.7. The Labute approximate surface area is 139 Å². The first-order valence-corrected chi connectivity index (χ1v) is 7.40. The SMILES string of the molecule is Cc1cc(F)c(Br)cc1NC(=O)Nc1ccc(Cl)c(Cl)c1. The van der Waals surface area contributed by atoms with Gasteiger partial charge < -0.3 is 10.6 Å². The van der Waals surface area contributed by atoms with Gasteiger partial charge in [0.05, 0.1) is 14.5 Å². The fourth-order valence-electron chi connectivity index (χ4n) is 1.64. The van der Waals surface area contributed by atoms with Crippen LogP contribution in [0.3, 0.4) is 0 Å². The van der Waals surface area contributed by atoms with Crippen LogP contribution >= 0.6 is 39.1 Å². The highest BCUT2D eigenvalue weighted by Gasteiger charge is 2.09. The zero-order valence-electron chi connectivity index (χ0n) is 10.8. The maximum absolute atomic E-state index is 13.3. The Morgan fingerprint density at radius 3 is 2.52 bits per heavy atom. The van der Waals surface area contributed by atoms with Gasteiger partial charge in [0.1, 0.15) is 5.82 Å². The molecular weight excluding hydrogens is 382 g/mol. The first-order chi connectivity index (χ1) is 9.86. The number of hydrogen-bond donors (Lipinski definition) is 2. The van der Waals surface area contributed by atoms with E-state index in [4.69, 9.17) is 23.2 Å². The Balaban J connectivity index is 2.11. The van der Waals surface area contributed by atoms with E-state index in [-0.39, 0.29) is 10.3 Å². The predicted octanol–water partition coefficient (Wildman–Crippen LogP) is 5.85. The molecule has 0 spiro atoms. The molecule has 0 saturated heterocycles. The van der Waals surface area contributed by atoms with E-state index in [0.29, 0.717) is 27.0 Å². The van der Waals surface area contributed by atoms with Crippen molar-refractivity contribution in [1.82, 2.24) is 0 Å². The quantitative estimate of drug-likeness (QED) is 0.662. The van der Waals surface area contributed by atoms with Crippen molar-refractivity contribution in [3.63, 3.8) is 0 Å². The second kappa shape index (κ2) is 6.64. The Kier molecular flexibility index (Phi) is 5.08. The van der Waals surface area contributed by atoms with Crippen molar-refractivity contribution >= 4 is 56.5 Å². The number of nitrogens with one attached hydrogen (secondary N) is 2. The van der Waals surface area contributed by atoms with Crippen LogP contribution in [0.15, 0.2) is 34.8 Å². The van der Waals surface area contributed by atoms with Gasteiger partial charge in [0.2, 0.25) is 0 Å². The van der Waals surface area contributed by atoms with Gasteiger partial charge in [0, 0.05) is 11.4 Å². The molecule has 2 aromatic rings. The van der Waals surface area contributed by atoms with Crippen LogP contribution in [0, 0.1) is 12.7 Å². The minimum Gasteiger partial charge on any atom is -0.308 e. The van der Waals surface area contributed by atoms with Crippen LogP contribution in [0.1, 0.15) is 5.56 Å². The molecular formula is C14H10BrCl2FN2O. The van der Waals surface area contributed by atoms with Crippen molar-refractivity contribution in [1.29, 1.82) is 0 Å². The molecule has 21 heavy (non-hydrogen) atoms. The van der Waals surface area contributed by atoms with Crippen molar-refractivity contribution in [2.45, 2.75) is 6.92 Å². The molecule has 0 fully saturated rings. The maximum atomic E-state index is 13.3. The summed E-state index contributed by atoms with van der Waals surface area (Å²) in [6, 6.07) is 7.12. The molecule has 0 aliphatic carbocycles. The van der Waals surface area contributed by atoms with Gasteiger partial charge >= 0.3 is 6.03 Å². The lowest BCUT2D eigenvalue weighted by Gasteiger charge is -2.11. The molecule has 7 heteroatoms. The topological polar surface area (TPSA) is 41.1 Å². The molecule has 0 bridgehead atoms. The molecule has 0 heterocycles. The number of carbonyl (C=O) groups is 1. The smallest absolute Gasteiger partial charge is 0.308 e. The molecule has 0 radical (unpaired) electrons. The molecule has 0 aliphatic rings. The van der Waals surface area contributed by atoms with Gasteiger partial charge in [-0.1, -0.05) is 23.2 Å². The number of rotatable bonds is 2. The number of benzene rings is 2. The van der Waals surface area contributed by atoms with E-state index in [1.54, 1.807) is 19.1 Å². The lowest BCUT2D eigenvalue weighted by atomic mass is 10.2. The molecule has 0 atom stereocenters. The average molecular weight is 392 g/mol. The second-order valence-electron chi connectivity index (χ2n) is 4.29. The summed E-state index contributed by atoms with van der Waals surface area (Å²) in [6.07, 6.45) is 0. The average Bonchev–Trinajstić information content (AvgIpc) is 2.40. The van der Waals surface area contributed by atoms with Crippen molar-refractivity contribution in [2.24, 2.45) is 0 Å². The Bertz CT molecular complexity index is 710. The van der Waals surface area contributed by atoms with E-state index in [1.807, 2.05) is 0 Å². The molecule has 110 valence electrons. The molecule has 0 unspecified atom stereocenters. The first-order valence-electron chi connectivity index (χ1n) is 5.85. The number of hydrogen-bond acceptors (Lipinski definition) is 1. The second-order valence-corrected chi connectivity index (χ2v) is 5.96. The van der Waals surface area contributed by atoms with E-state index >= 15 is 0 Å². The molecule has 0 aliphatic heterocycles. The lowest BCUT2D eigenvalue weighted by Crippen LogP contribution is -2.20. The zero-order chi connectivity index (χ0) is 15.6. The molecule has 0 saturated carbocycles. The van der Waals surface area contributed by atoms with Gasteiger partial charge in [0.25, 0.3) is 0 Å². The molecule has 2 amide bonds. The number of aryl methyl sites for hydroxylation is 1. The van der Waals surface area contributed by atoms with Crippen LogP contribution < -0.4 is 10.6 Å². The van der Waals surface area contributed by atoms with Crippen molar-refractivity contribution < 1.29 is 9.18 Å². The van der Waals surface area contributed by atoms with Crippen LogP contribution in [-0.2, 0) is 0 Å². The van der Waals surface area contributed by atoms with Crippen molar-refractivity contribution in [2.75, 3.05) is 10.6 Å². The summed E-state index contributed by atoms with van der Waals surface area (Å²) in [5, 5.41) is 6.00. The van der Waals surface area contributed by atoms with Crippen molar-refractivity contribution in [3.8, 4) is 0 Å². The summed E-state index contributed by atoms with van der Waals surface area (Å²) in [4.78, 5) is 11.9. The van der Waals surface area contributed by atoms with E-state index in [0.717, 1.165) is 0 Å². The molecule has 0 aromatic heterocycles. The third-order valence-electron chi connectivity index (χ3n) is 2.69. The highest BCUT2D eigenvalue weighted by molar-refractivity contribution is 9.10. The Hall–Kier alpha value is -1.30. The first kappa shape index (κ1) is 16.1. The number of anilines is 2. The third kappa shape index (κ3) is 4.09. The van der Waals surface area contributed by atoms with Gasteiger partial charge in [0.15, 0.2) is 0 Å². The van der Waals surface area contributed by atoms with Crippen LogP contribution in [0.25, 0.3) is 0 Å². The van der Waals surface area contributed by atoms with E-state index in [1.165, 1.54) is 18.2 Å². The fourth-order valence-corrected chi connectivity index (χ4v) is 2.28. The van der Waals surface area contributed by atoms with Crippen LogP contribution in [0.4, 0.5) is 20.6 Å². The summed E-state index contributed by atoms with van der Waals surface area (Å²) in [6.45, 7) is 1.70. The van der Waals surface area contributed by atoms with Gasteiger partial charge in [-0.3, -0.25) is 0 Å². The minimum atomic E-state index is -0.463. The zero-order valence-corrected chi connectivity index (χ0v) is 13.9. The summed E-state index contributed by atoms with van der Waals surface area (Å²) in [5.41, 5.74) is 1.61. The van der Waals surface area contributed by atoms with Crippen LogP contribution in [-0.4, -0.2) is 6.03 Å². The Morgan fingerprint density at radius 2 is 1.86 bits per heavy atom. The summed E-state index contributed by atoms with van der Waals surface area (Å²) in [5.74, 6) is -0.386. The monoisotopic (exact) mass is 390 g/mol. The number of carbonyl (C=O) groups excluding carboxylic acids is 1. The minimum absolute atomic E-state index is 0.276. The fraction of sp³-hybridized carbons (Fsp3) is 0.0714. The highest BCUT2D eigenvalue weighted by atomic mass is 79.9. The van der Waals surface area contributed by atoms with Gasteiger partial charge in [-0.2, -0.15) is 0 Å². The molecule has 2 aromatic carbocycles. The van der Waals surface area contributed by atoms with E-state index < -0.39 is 6.03 Å². The number of urea groups is 1. The van der Waals surface area contributed by atoms with Gasteiger partial charge in [-0.15, -0.1) is 0 Å². The van der Waals surface area contributed by atoms with Crippen molar-refractivity contribution in [3.05, 3.63) is 56.2 Å².